The van der Waals surface area contributed by atoms with E-state index in [0.29, 0.717) is 0 Å². The number of para-hydroxylation sites is 1. The highest BCUT2D eigenvalue weighted by Gasteiger charge is 2.23. The number of hydrogen-bond donors (Lipinski definition) is 2. The number of ether oxygens (including phenoxy) is 1. The Kier molecular flexibility index (Phi) is 5.78. The summed E-state index contributed by atoms with van der Waals surface area (Å²) < 4.78 is 5.22. The van der Waals surface area contributed by atoms with Gasteiger partial charge in [0.1, 0.15) is 18.0 Å². The number of nitrogens with one attached hydrogen (secondary N) is 1. The number of rotatable bonds is 6. The standard InChI is InChI=1S/C15H16N4O5S/c1-8(2)12(16)14(21)24-10-6-4-3-5-9(10)13(20)18-15-17-7-11(25-15)19(22)23/h3-8,12H,16H2,1-2H3,(H,17,18,20). The van der Waals surface area contributed by atoms with Crippen molar-refractivity contribution in [3.63, 3.8) is 0 Å². The molecular weight excluding hydrogens is 348 g/mol. The fourth-order valence-electron chi connectivity index (χ4n) is 1.76. The van der Waals surface area contributed by atoms with Gasteiger partial charge in [0, 0.05) is 0 Å². The molecule has 10 heteroatoms. The number of carbonyl (C=O) groups is 2. The normalized spacial score (nSPS) is 11.8. The maximum absolute atomic E-state index is 12.4. The Morgan fingerprint density at radius 2 is 2.04 bits per heavy atom. The number of anilines is 1. The van der Waals surface area contributed by atoms with Crippen LogP contribution in [-0.2, 0) is 4.79 Å². The van der Waals surface area contributed by atoms with Crippen LogP contribution in [0.4, 0.5) is 10.1 Å². The van der Waals surface area contributed by atoms with E-state index in [1.165, 1.54) is 12.1 Å². The van der Waals surface area contributed by atoms with Crippen molar-refractivity contribution in [3.05, 3.63) is 46.1 Å². The molecule has 0 bridgehead atoms. The number of nitrogens with two attached hydrogens (primary N) is 1. The van der Waals surface area contributed by atoms with Crippen LogP contribution in [0.3, 0.4) is 0 Å². The van der Waals surface area contributed by atoms with Crippen LogP contribution in [0, 0.1) is 16.0 Å². The zero-order valence-electron chi connectivity index (χ0n) is 13.5. The van der Waals surface area contributed by atoms with Gasteiger partial charge in [-0.3, -0.25) is 20.2 Å². The minimum Gasteiger partial charge on any atom is -0.425 e. The predicted molar refractivity (Wildman–Crippen MR) is 91.6 cm³/mol. The molecule has 0 aliphatic rings. The van der Waals surface area contributed by atoms with Gasteiger partial charge < -0.3 is 10.5 Å². The second-order valence-electron chi connectivity index (χ2n) is 5.40. The van der Waals surface area contributed by atoms with E-state index in [1.807, 2.05) is 0 Å². The number of amides is 1. The maximum Gasteiger partial charge on any atom is 0.345 e. The Bertz CT molecular complexity index is 805. The van der Waals surface area contributed by atoms with Gasteiger partial charge in [-0.15, -0.1) is 0 Å². The van der Waals surface area contributed by atoms with Gasteiger partial charge in [-0.2, -0.15) is 0 Å². The molecule has 1 unspecified atom stereocenters. The summed E-state index contributed by atoms with van der Waals surface area (Å²) in [5.74, 6) is -1.33. The molecule has 1 amide bonds. The molecule has 1 heterocycles. The largest absolute Gasteiger partial charge is 0.425 e. The molecule has 0 spiro atoms. The minimum atomic E-state index is -0.822. The van der Waals surface area contributed by atoms with Crippen molar-refractivity contribution in [1.29, 1.82) is 0 Å². The van der Waals surface area contributed by atoms with Gasteiger partial charge >= 0.3 is 11.0 Å². The number of aromatic nitrogens is 1. The summed E-state index contributed by atoms with van der Waals surface area (Å²) in [6, 6.07) is 5.30. The number of nitrogens with zero attached hydrogens (tertiary/aromatic N) is 2. The zero-order valence-corrected chi connectivity index (χ0v) is 14.3. The lowest BCUT2D eigenvalue weighted by atomic mass is 10.1. The highest BCUT2D eigenvalue weighted by Crippen LogP contribution is 2.26. The van der Waals surface area contributed by atoms with Crippen LogP contribution in [0.25, 0.3) is 0 Å². The second-order valence-corrected chi connectivity index (χ2v) is 6.41. The molecule has 1 aromatic heterocycles. The van der Waals surface area contributed by atoms with E-state index >= 15 is 0 Å². The summed E-state index contributed by atoms with van der Waals surface area (Å²) in [5, 5.41) is 13.0. The number of benzene rings is 1. The average molecular weight is 364 g/mol. The number of carbonyl (C=O) groups excluding carboxylic acids is 2. The number of nitro groups is 1. The second kappa shape index (κ2) is 7.81. The maximum atomic E-state index is 12.4. The molecule has 0 saturated heterocycles. The van der Waals surface area contributed by atoms with Crippen LogP contribution in [-0.4, -0.2) is 27.8 Å². The molecule has 0 fully saturated rings. The molecule has 9 nitrogen and oxygen atoms in total. The van der Waals surface area contributed by atoms with E-state index < -0.39 is 22.8 Å². The molecule has 25 heavy (non-hydrogen) atoms. The summed E-state index contributed by atoms with van der Waals surface area (Å²) in [6.45, 7) is 3.56. The molecule has 0 saturated carbocycles. The van der Waals surface area contributed by atoms with Crippen molar-refractivity contribution in [2.45, 2.75) is 19.9 Å². The summed E-state index contributed by atoms with van der Waals surface area (Å²) in [4.78, 5) is 38.2. The fraction of sp³-hybridized carbons (Fsp3) is 0.267. The lowest BCUT2D eigenvalue weighted by Crippen LogP contribution is -2.38. The van der Waals surface area contributed by atoms with E-state index in [0.717, 1.165) is 17.5 Å². The van der Waals surface area contributed by atoms with Gasteiger partial charge in [0.15, 0.2) is 5.13 Å². The van der Waals surface area contributed by atoms with Gasteiger partial charge in [-0.25, -0.2) is 9.78 Å². The molecule has 132 valence electrons. The first-order chi connectivity index (χ1) is 11.8. The third-order valence-electron chi connectivity index (χ3n) is 3.23. The summed E-state index contributed by atoms with van der Waals surface area (Å²) in [7, 11) is 0. The lowest BCUT2D eigenvalue weighted by molar-refractivity contribution is -0.380. The highest BCUT2D eigenvalue weighted by molar-refractivity contribution is 7.18. The van der Waals surface area contributed by atoms with Crippen LogP contribution in [0.15, 0.2) is 30.5 Å². The van der Waals surface area contributed by atoms with Crippen LogP contribution in [0.2, 0.25) is 0 Å². The Morgan fingerprint density at radius 3 is 2.64 bits per heavy atom. The SMILES string of the molecule is CC(C)C(N)C(=O)Oc1ccccc1C(=O)Nc1ncc([N+](=O)[O-])s1. The highest BCUT2D eigenvalue weighted by atomic mass is 32.1. The van der Waals surface area contributed by atoms with Gasteiger partial charge in [0.05, 0.1) is 10.5 Å². The molecule has 0 radical (unpaired) electrons. The third kappa shape index (κ3) is 4.58. The molecule has 1 aromatic carbocycles. The third-order valence-corrected chi connectivity index (χ3v) is 4.09. The molecule has 3 N–H and O–H groups in total. The first kappa shape index (κ1) is 18.5. The molecular formula is C15H16N4O5S. The summed E-state index contributed by atoms with van der Waals surface area (Å²) >= 11 is 0.723. The number of hydrogen-bond acceptors (Lipinski definition) is 8. The van der Waals surface area contributed by atoms with Crippen molar-refractivity contribution in [2.75, 3.05) is 5.32 Å². The van der Waals surface area contributed by atoms with Crippen LogP contribution in [0.5, 0.6) is 5.75 Å². The molecule has 0 aliphatic carbocycles. The molecule has 2 aromatic rings. The van der Waals surface area contributed by atoms with Crippen LogP contribution < -0.4 is 15.8 Å². The minimum absolute atomic E-state index is 0.0483. The fourth-order valence-corrected chi connectivity index (χ4v) is 2.39. The van der Waals surface area contributed by atoms with Gasteiger partial charge in [0.2, 0.25) is 0 Å². The van der Waals surface area contributed by atoms with E-state index in [1.54, 1.807) is 26.0 Å². The van der Waals surface area contributed by atoms with Crippen molar-refractivity contribution in [1.82, 2.24) is 4.98 Å². The van der Waals surface area contributed by atoms with E-state index in [2.05, 4.69) is 10.3 Å². The first-order valence-corrected chi connectivity index (χ1v) is 8.09. The topological polar surface area (TPSA) is 137 Å². The van der Waals surface area contributed by atoms with Crippen molar-refractivity contribution in [2.24, 2.45) is 11.7 Å². The quantitative estimate of drug-likeness (QED) is 0.347. The van der Waals surface area contributed by atoms with Gasteiger partial charge in [-0.05, 0) is 29.4 Å². The van der Waals surface area contributed by atoms with Crippen molar-refractivity contribution < 1.29 is 19.2 Å². The smallest absolute Gasteiger partial charge is 0.345 e. The monoisotopic (exact) mass is 364 g/mol. The summed E-state index contributed by atoms with van der Waals surface area (Å²) in [5.41, 5.74) is 5.83. The van der Waals surface area contributed by atoms with Crippen LogP contribution in [0.1, 0.15) is 24.2 Å². The Morgan fingerprint density at radius 1 is 1.36 bits per heavy atom. The first-order valence-electron chi connectivity index (χ1n) is 7.27. The zero-order chi connectivity index (χ0) is 18.6. The van der Waals surface area contributed by atoms with E-state index in [9.17, 15) is 19.7 Å². The Balaban J connectivity index is 2.17. The molecule has 2 rings (SSSR count). The van der Waals surface area contributed by atoms with Crippen molar-refractivity contribution in [3.8, 4) is 5.75 Å². The van der Waals surface area contributed by atoms with Gasteiger partial charge in [-0.1, -0.05) is 26.0 Å². The lowest BCUT2D eigenvalue weighted by Gasteiger charge is -2.15. The Labute approximate surface area is 147 Å². The van der Waals surface area contributed by atoms with Crippen molar-refractivity contribution >= 4 is 33.3 Å². The predicted octanol–water partition coefficient (Wildman–Crippen LogP) is 2.19. The molecule has 0 aliphatic heterocycles. The number of esters is 1. The average Bonchev–Trinajstić information content (AvgIpc) is 3.03. The molecule has 1 atom stereocenters. The van der Waals surface area contributed by atoms with Gasteiger partial charge in [0.25, 0.3) is 5.91 Å². The Hall–Kier alpha value is -2.85. The van der Waals surface area contributed by atoms with E-state index in [4.69, 9.17) is 10.5 Å². The van der Waals surface area contributed by atoms with Crippen LogP contribution >= 0.6 is 11.3 Å². The number of thiazole rings is 1. The summed E-state index contributed by atoms with van der Waals surface area (Å²) in [6.07, 6.45) is 1.05. The van der Waals surface area contributed by atoms with E-state index in [-0.39, 0.29) is 27.4 Å².